The fraction of sp³-hybridized carbons (Fsp3) is 1.00. The molecule has 96 valence electrons. The summed E-state index contributed by atoms with van der Waals surface area (Å²) in [5, 5.41) is 2.84. The van der Waals surface area contributed by atoms with Crippen LogP contribution in [0, 0.1) is 0 Å². The maximum absolute atomic E-state index is 12.2. The zero-order valence-corrected chi connectivity index (χ0v) is 10.9. The van der Waals surface area contributed by atoms with E-state index >= 15 is 0 Å². The molecule has 0 aromatic rings. The van der Waals surface area contributed by atoms with E-state index in [9.17, 15) is 8.42 Å². The molecule has 16 heavy (non-hydrogen) atoms. The topological polar surface area (TPSA) is 58.6 Å². The number of sulfonamides is 1. The van der Waals surface area contributed by atoms with Crippen molar-refractivity contribution in [2.45, 2.75) is 18.1 Å². The Labute approximate surface area is 103 Å². The van der Waals surface area contributed by atoms with E-state index in [1.165, 1.54) is 0 Å². The van der Waals surface area contributed by atoms with E-state index < -0.39 is 10.0 Å². The van der Waals surface area contributed by atoms with Crippen molar-refractivity contribution in [2.75, 3.05) is 39.4 Å². The molecule has 0 aliphatic carbocycles. The van der Waals surface area contributed by atoms with Crippen molar-refractivity contribution in [1.82, 2.24) is 9.62 Å². The Morgan fingerprint density at radius 3 is 2.50 bits per heavy atom. The third-order valence-electron chi connectivity index (χ3n) is 2.98. The molecule has 5 nitrogen and oxygen atoms in total. The Morgan fingerprint density at radius 2 is 1.94 bits per heavy atom. The van der Waals surface area contributed by atoms with E-state index in [4.69, 9.17) is 4.74 Å². The number of nitrogens with one attached hydrogen (secondary N) is 1. The summed E-state index contributed by atoms with van der Waals surface area (Å²) >= 11 is 0. The molecule has 1 atom stereocenters. The maximum atomic E-state index is 12.2. The fourth-order valence-electron chi connectivity index (χ4n) is 2.06. The highest BCUT2D eigenvalue weighted by molar-refractivity contribution is 7.89. The number of ether oxygens (including phenoxy) is 1. The van der Waals surface area contributed by atoms with Gasteiger partial charge in [-0.15, -0.1) is 12.4 Å². The summed E-state index contributed by atoms with van der Waals surface area (Å²) in [6.07, 6.45) is 1.60. The van der Waals surface area contributed by atoms with Crippen LogP contribution in [0.4, 0.5) is 0 Å². The molecule has 1 N–H and O–H groups in total. The number of halogens is 1. The molecule has 0 radical (unpaired) electrons. The lowest BCUT2D eigenvalue weighted by Gasteiger charge is -2.32. The van der Waals surface area contributed by atoms with Gasteiger partial charge in [0.25, 0.3) is 0 Å². The first kappa shape index (κ1) is 14.2. The summed E-state index contributed by atoms with van der Waals surface area (Å²) < 4.78 is 31.2. The van der Waals surface area contributed by atoms with E-state index in [0.717, 1.165) is 25.9 Å². The summed E-state index contributed by atoms with van der Waals surface area (Å²) in [5.41, 5.74) is 0. The minimum atomic E-state index is -3.12. The minimum absolute atomic E-state index is 0. The Morgan fingerprint density at radius 1 is 1.25 bits per heavy atom. The highest BCUT2D eigenvalue weighted by Gasteiger charge is 2.33. The van der Waals surface area contributed by atoms with Gasteiger partial charge in [-0.2, -0.15) is 4.31 Å². The minimum Gasteiger partial charge on any atom is -0.380 e. The van der Waals surface area contributed by atoms with Gasteiger partial charge in [0.1, 0.15) is 0 Å². The monoisotopic (exact) mass is 270 g/mol. The van der Waals surface area contributed by atoms with E-state index in [1.807, 2.05) is 0 Å². The van der Waals surface area contributed by atoms with Crippen LogP contribution in [-0.2, 0) is 14.8 Å². The van der Waals surface area contributed by atoms with Crippen LogP contribution in [0.1, 0.15) is 12.8 Å². The first-order chi connectivity index (χ1) is 7.21. The summed E-state index contributed by atoms with van der Waals surface area (Å²) in [6.45, 7) is 3.77. The number of piperazine rings is 1. The first-order valence-corrected chi connectivity index (χ1v) is 6.99. The molecule has 0 aromatic heterocycles. The Kier molecular flexibility index (Phi) is 5.46. The van der Waals surface area contributed by atoms with Crippen LogP contribution >= 0.6 is 12.4 Å². The molecule has 2 aliphatic heterocycles. The highest BCUT2D eigenvalue weighted by atomic mass is 35.5. The molecule has 2 aliphatic rings. The van der Waals surface area contributed by atoms with Crippen LogP contribution in [0.2, 0.25) is 0 Å². The van der Waals surface area contributed by atoms with Crippen LogP contribution in [0.3, 0.4) is 0 Å². The molecule has 2 saturated heterocycles. The molecule has 0 amide bonds. The number of hydrogen-bond donors (Lipinski definition) is 1. The lowest BCUT2D eigenvalue weighted by atomic mass is 10.2. The van der Waals surface area contributed by atoms with Crippen molar-refractivity contribution in [1.29, 1.82) is 0 Å². The standard InChI is InChI=1S/C9H18N2O3S.ClH/c12-15(13,9-2-1-7-14-8-9)11-5-3-10-4-6-11;/h9-10H,1-8H2;1H. The van der Waals surface area contributed by atoms with Crippen LogP contribution < -0.4 is 5.32 Å². The van der Waals surface area contributed by atoms with Crippen LogP contribution in [0.15, 0.2) is 0 Å². The number of hydrogen-bond acceptors (Lipinski definition) is 4. The van der Waals surface area contributed by atoms with Gasteiger partial charge in [-0.3, -0.25) is 0 Å². The van der Waals surface area contributed by atoms with Crippen molar-refractivity contribution in [2.24, 2.45) is 0 Å². The second-order valence-corrected chi connectivity index (χ2v) is 6.25. The molecule has 1 unspecified atom stereocenters. The van der Waals surface area contributed by atoms with E-state index in [0.29, 0.717) is 26.3 Å². The van der Waals surface area contributed by atoms with Gasteiger partial charge in [-0.1, -0.05) is 0 Å². The molecule has 2 heterocycles. The van der Waals surface area contributed by atoms with Gasteiger partial charge in [0.05, 0.1) is 11.9 Å². The van der Waals surface area contributed by atoms with Gasteiger partial charge >= 0.3 is 0 Å². The fourth-order valence-corrected chi connectivity index (χ4v) is 3.90. The smallest absolute Gasteiger partial charge is 0.219 e. The average molecular weight is 271 g/mol. The molecule has 0 bridgehead atoms. The second-order valence-electron chi connectivity index (χ2n) is 4.03. The van der Waals surface area contributed by atoms with Gasteiger partial charge in [0, 0.05) is 32.8 Å². The number of rotatable bonds is 2. The lowest BCUT2D eigenvalue weighted by Crippen LogP contribution is -2.50. The van der Waals surface area contributed by atoms with Crippen LogP contribution in [0.5, 0.6) is 0 Å². The van der Waals surface area contributed by atoms with Crippen molar-refractivity contribution >= 4 is 22.4 Å². The molecule has 2 fully saturated rings. The molecular formula is C9H19ClN2O3S. The van der Waals surface area contributed by atoms with E-state index in [2.05, 4.69) is 5.32 Å². The van der Waals surface area contributed by atoms with E-state index in [-0.39, 0.29) is 17.7 Å². The molecule has 0 spiro atoms. The second kappa shape index (κ2) is 6.16. The Bertz CT molecular complexity index is 274. The largest absolute Gasteiger partial charge is 0.380 e. The molecule has 7 heteroatoms. The zero-order valence-electron chi connectivity index (χ0n) is 9.22. The number of nitrogens with zero attached hydrogens (tertiary/aromatic N) is 1. The average Bonchev–Trinajstić information content (AvgIpc) is 2.31. The normalized spacial score (nSPS) is 28.4. The van der Waals surface area contributed by atoms with Gasteiger partial charge in [0.15, 0.2) is 0 Å². The molecule has 0 aromatic carbocycles. The summed E-state index contributed by atoms with van der Waals surface area (Å²) in [4.78, 5) is 0. The van der Waals surface area contributed by atoms with Crippen molar-refractivity contribution in [3.63, 3.8) is 0 Å². The summed E-state index contributed by atoms with van der Waals surface area (Å²) in [6, 6.07) is 0. The Hall–Kier alpha value is 0.120. The van der Waals surface area contributed by atoms with Gasteiger partial charge < -0.3 is 10.1 Å². The predicted octanol–water partition coefficient (Wildman–Crippen LogP) is -0.178. The van der Waals surface area contributed by atoms with Crippen LogP contribution in [0.25, 0.3) is 0 Å². The van der Waals surface area contributed by atoms with Crippen molar-refractivity contribution < 1.29 is 13.2 Å². The van der Waals surface area contributed by atoms with Crippen LogP contribution in [-0.4, -0.2) is 57.4 Å². The van der Waals surface area contributed by atoms with E-state index in [1.54, 1.807) is 4.31 Å². The SMILES string of the molecule is Cl.O=S(=O)(C1CCCOC1)N1CCNCC1. The van der Waals surface area contributed by atoms with Crippen molar-refractivity contribution in [3.05, 3.63) is 0 Å². The molecule has 0 saturated carbocycles. The predicted molar refractivity (Wildman–Crippen MR) is 64.5 cm³/mol. The Balaban J connectivity index is 0.00000128. The van der Waals surface area contributed by atoms with Gasteiger partial charge in [-0.25, -0.2) is 8.42 Å². The maximum Gasteiger partial charge on any atom is 0.219 e. The van der Waals surface area contributed by atoms with Gasteiger partial charge in [-0.05, 0) is 12.8 Å². The molecule has 2 rings (SSSR count). The molecular weight excluding hydrogens is 252 g/mol. The highest BCUT2D eigenvalue weighted by Crippen LogP contribution is 2.18. The van der Waals surface area contributed by atoms with Gasteiger partial charge in [0.2, 0.25) is 10.0 Å². The third-order valence-corrected chi connectivity index (χ3v) is 5.27. The summed E-state index contributed by atoms with van der Waals surface area (Å²) in [7, 11) is -3.12. The third kappa shape index (κ3) is 3.07. The van der Waals surface area contributed by atoms with Crippen molar-refractivity contribution in [3.8, 4) is 0 Å². The lowest BCUT2D eigenvalue weighted by molar-refractivity contribution is 0.0972. The zero-order chi connectivity index (χ0) is 10.7. The first-order valence-electron chi connectivity index (χ1n) is 5.49. The summed E-state index contributed by atoms with van der Waals surface area (Å²) in [5.74, 6) is 0. The quantitative estimate of drug-likeness (QED) is 0.757.